The van der Waals surface area contributed by atoms with Gasteiger partial charge < -0.3 is 15.2 Å². The SMILES string of the molecule is COc1ccc(C2(c3ccccc3)NC(=O)NC2=O)cc1O. The van der Waals surface area contributed by atoms with Crippen LogP contribution in [0.25, 0.3) is 0 Å². The largest absolute Gasteiger partial charge is 0.504 e. The quantitative estimate of drug-likeness (QED) is 0.749. The fourth-order valence-corrected chi connectivity index (χ4v) is 2.64. The molecule has 6 nitrogen and oxygen atoms in total. The molecule has 0 radical (unpaired) electrons. The van der Waals surface area contributed by atoms with E-state index in [-0.39, 0.29) is 11.5 Å². The Hall–Kier alpha value is -3.02. The summed E-state index contributed by atoms with van der Waals surface area (Å²) in [5.41, 5.74) is -0.328. The summed E-state index contributed by atoms with van der Waals surface area (Å²) in [6, 6.07) is 12.9. The first-order valence-electron chi connectivity index (χ1n) is 6.64. The summed E-state index contributed by atoms with van der Waals surface area (Å²) in [5.74, 6) is -0.311. The van der Waals surface area contributed by atoms with Gasteiger partial charge in [-0.05, 0) is 23.3 Å². The number of carbonyl (C=O) groups excluding carboxylic acids is 2. The summed E-state index contributed by atoms with van der Waals surface area (Å²) >= 11 is 0. The zero-order chi connectivity index (χ0) is 15.7. The van der Waals surface area contributed by atoms with E-state index in [0.717, 1.165) is 0 Å². The first-order valence-corrected chi connectivity index (χ1v) is 6.64. The Kier molecular flexibility index (Phi) is 3.21. The summed E-state index contributed by atoms with van der Waals surface area (Å²) in [6.45, 7) is 0. The highest BCUT2D eigenvalue weighted by atomic mass is 16.5. The number of hydrogen-bond acceptors (Lipinski definition) is 4. The maximum atomic E-state index is 12.5. The van der Waals surface area contributed by atoms with Crippen LogP contribution in [-0.4, -0.2) is 24.2 Å². The highest BCUT2D eigenvalue weighted by molar-refractivity contribution is 6.09. The van der Waals surface area contributed by atoms with Gasteiger partial charge in [-0.2, -0.15) is 0 Å². The van der Waals surface area contributed by atoms with Gasteiger partial charge in [0.1, 0.15) is 0 Å². The van der Waals surface area contributed by atoms with Gasteiger partial charge in [0.15, 0.2) is 17.0 Å². The molecule has 22 heavy (non-hydrogen) atoms. The molecule has 1 aliphatic heterocycles. The van der Waals surface area contributed by atoms with Crippen molar-refractivity contribution in [3.63, 3.8) is 0 Å². The van der Waals surface area contributed by atoms with E-state index < -0.39 is 17.5 Å². The van der Waals surface area contributed by atoms with E-state index in [2.05, 4.69) is 10.6 Å². The van der Waals surface area contributed by atoms with E-state index in [0.29, 0.717) is 11.1 Å². The van der Waals surface area contributed by atoms with Crippen molar-refractivity contribution in [2.45, 2.75) is 5.54 Å². The van der Waals surface area contributed by atoms with Crippen LogP contribution in [0, 0.1) is 0 Å². The number of hydrogen-bond donors (Lipinski definition) is 3. The van der Waals surface area contributed by atoms with Gasteiger partial charge in [-0.3, -0.25) is 10.1 Å². The van der Waals surface area contributed by atoms with Crippen molar-refractivity contribution in [1.29, 1.82) is 0 Å². The zero-order valence-electron chi connectivity index (χ0n) is 11.8. The minimum atomic E-state index is -1.37. The highest BCUT2D eigenvalue weighted by Crippen LogP contribution is 2.37. The molecular weight excluding hydrogens is 284 g/mol. The van der Waals surface area contributed by atoms with Crippen molar-refractivity contribution in [3.8, 4) is 11.5 Å². The first kappa shape index (κ1) is 13.9. The Morgan fingerprint density at radius 3 is 2.32 bits per heavy atom. The molecule has 0 bridgehead atoms. The van der Waals surface area contributed by atoms with E-state index in [1.54, 1.807) is 36.4 Å². The Balaban J connectivity index is 2.21. The van der Waals surface area contributed by atoms with Crippen molar-refractivity contribution in [1.82, 2.24) is 10.6 Å². The highest BCUT2D eigenvalue weighted by Gasteiger charge is 2.49. The summed E-state index contributed by atoms with van der Waals surface area (Å²) in [5, 5.41) is 14.9. The number of benzene rings is 2. The number of phenols is 1. The van der Waals surface area contributed by atoms with Crippen LogP contribution in [0.15, 0.2) is 48.5 Å². The fraction of sp³-hybridized carbons (Fsp3) is 0.125. The van der Waals surface area contributed by atoms with Crippen molar-refractivity contribution in [2.75, 3.05) is 7.11 Å². The molecule has 3 N–H and O–H groups in total. The van der Waals surface area contributed by atoms with Crippen LogP contribution >= 0.6 is 0 Å². The van der Waals surface area contributed by atoms with Crippen LogP contribution in [0.1, 0.15) is 11.1 Å². The number of methoxy groups -OCH3 is 1. The standard InChI is InChI=1S/C16H14N2O4/c1-22-13-8-7-11(9-12(13)19)16(10-5-3-2-4-6-10)14(20)17-15(21)18-16/h2-9,19H,1H3,(H2,17,18,20,21). The van der Waals surface area contributed by atoms with E-state index >= 15 is 0 Å². The predicted molar refractivity (Wildman–Crippen MR) is 78.6 cm³/mol. The normalized spacial score (nSPS) is 20.4. The molecule has 1 aliphatic rings. The molecule has 1 saturated heterocycles. The Labute approximate surface area is 126 Å². The molecule has 0 spiro atoms. The van der Waals surface area contributed by atoms with Gasteiger partial charge in [-0.1, -0.05) is 36.4 Å². The Bertz CT molecular complexity index is 745. The molecule has 2 aromatic rings. The summed E-state index contributed by atoms with van der Waals surface area (Å²) in [7, 11) is 1.44. The monoisotopic (exact) mass is 298 g/mol. The molecule has 1 unspecified atom stereocenters. The molecule has 1 heterocycles. The molecule has 1 fully saturated rings. The lowest BCUT2D eigenvalue weighted by molar-refractivity contribution is -0.122. The molecule has 112 valence electrons. The lowest BCUT2D eigenvalue weighted by Gasteiger charge is -2.27. The average molecular weight is 298 g/mol. The van der Waals surface area contributed by atoms with Crippen LogP contribution in [0.2, 0.25) is 0 Å². The number of aromatic hydroxyl groups is 1. The fourth-order valence-electron chi connectivity index (χ4n) is 2.64. The number of nitrogens with one attached hydrogen (secondary N) is 2. The Morgan fingerprint density at radius 2 is 1.77 bits per heavy atom. The van der Waals surface area contributed by atoms with Gasteiger partial charge in [0.2, 0.25) is 0 Å². The number of imide groups is 1. The summed E-state index contributed by atoms with van der Waals surface area (Å²) in [4.78, 5) is 24.2. The second-order valence-corrected chi connectivity index (χ2v) is 4.91. The maximum Gasteiger partial charge on any atom is 0.322 e. The van der Waals surface area contributed by atoms with Crippen LogP contribution in [0.4, 0.5) is 4.79 Å². The number of urea groups is 1. The summed E-state index contributed by atoms with van der Waals surface area (Å²) < 4.78 is 5.01. The third-order valence-corrected chi connectivity index (χ3v) is 3.69. The third kappa shape index (κ3) is 1.96. The number of amides is 3. The molecule has 2 aromatic carbocycles. The van der Waals surface area contributed by atoms with Crippen molar-refractivity contribution >= 4 is 11.9 Å². The van der Waals surface area contributed by atoms with E-state index in [1.165, 1.54) is 13.2 Å². The lowest BCUT2D eigenvalue weighted by atomic mass is 9.82. The smallest absolute Gasteiger partial charge is 0.322 e. The number of carbonyl (C=O) groups is 2. The molecule has 1 atom stereocenters. The molecule has 0 aromatic heterocycles. The van der Waals surface area contributed by atoms with E-state index in [9.17, 15) is 14.7 Å². The van der Waals surface area contributed by atoms with Crippen molar-refractivity contribution < 1.29 is 19.4 Å². The van der Waals surface area contributed by atoms with Crippen LogP contribution < -0.4 is 15.4 Å². The maximum absolute atomic E-state index is 12.5. The molecule has 6 heteroatoms. The van der Waals surface area contributed by atoms with E-state index in [1.807, 2.05) is 6.07 Å². The topological polar surface area (TPSA) is 87.7 Å². The second kappa shape index (κ2) is 5.07. The second-order valence-electron chi connectivity index (χ2n) is 4.91. The zero-order valence-corrected chi connectivity index (χ0v) is 11.8. The van der Waals surface area contributed by atoms with Gasteiger partial charge in [0.25, 0.3) is 5.91 Å². The first-order chi connectivity index (χ1) is 10.6. The van der Waals surface area contributed by atoms with Gasteiger partial charge in [-0.15, -0.1) is 0 Å². The lowest BCUT2D eigenvalue weighted by Crippen LogP contribution is -2.44. The molecule has 3 amide bonds. The van der Waals surface area contributed by atoms with Gasteiger partial charge in [-0.25, -0.2) is 4.79 Å². The Morgan fingerprint density at radius 1 is 1.05 bits per heavy atom. The average Bonchev–Trinajstić information content (AvgIpc) is 2.83. The predicted octanol–water partition coefficient (Wildman–Crippen LogP) is 1.48. The summed E-state index contributed by atoms with van der Waals surface area (Å²) in [6.07, 6.45) is 0. The van der Waals surface area contributed by atoms with Crippen molar-refractivity contribution in [2.24, 2.45) is 0 Å². The third-order valence-electron chi connectivity index (χ3n) is 3.69. The van der Waals surface area contributed by atoms with Gasteiger partial charge >= 0.3 is 6.03 Å². The van der Waals surface area contributed by atoms with Gasteiger partial charge in [0, 0.05) is 0 Å². The van der Waals surface area contributed by atoms with E-state index in [4.69, 9.17) is 4.74 Å². The minimum Gasteiger partial charge on any atom is -0.504 e. The molecule has 0 aliphatic carbocycles. The minimum absolute atomic E-state index is 0.107. The molecular formula is C16H14N2O4. The number of ether oxygens (including phenoxy) is 1. The number of phenolic OH excluding ortho intramolecular Hbond substituents is 1. The van der Waals surface area contributed by atoms with Crippen molar-refractivity contribution in [3.05, 3.63) is 59.7 Å². The van der Waals surface area contributed by atoms with Crippen LogP contribution in [0.3, 0.4) is 0 Å². The number of rotatable bonds is 3. The molecule has 3 rings (SSSR count). The van der Waals surface area contributed by atoms with Gasteiger partial charge in [0.05, 0.1) is 7.11 Å². The van der Waals surface area contributed by atoms with Crippen LogP contribution in [-0.2, 0) is 10.3 Å². The molecule has 0 saturated carbocycles. The van der Waals surface area contributed by atoms with Crippen LogP contribution in [0.5, 0.6) is 11.5 Å².